The molecule has 2 aromatic heterocycles. The Balaban J connectivity index is 2.02. The van der Waals surface area contributed by atoms with Gasteiger partial charge in [-0.25, -0.2) is 4.98 Å². The monoisotopic (exact) mass is 220 g/mol. The Morgan fingerprint density at radius 1 is 1.47 bits per heavy atom. The number of nitrogens with zero attached hydrogens (tertiary/aromatic N) is 3. The summed E-state index contributed by atoms with van der Waals surface area (Å²) in [6, 6.07) is 4.00. The van der Waals surface area contributed by atoms with E-state index < -0.39 is 0 Å². The van der Waals surface area contributed by atoms with Gasteiger partial charge in [0.25, 0.3) is 0 Å². The second kappa shape index (κ2) is 4.35. The quantitative estimate of drug-likeness (QED) is 0.800. The fourth-order valence-corrected chi connectivity index (χ4v) is 1.53. The van der Waals surface area contributed by atoms with Crippen molar-refractivity contribution in [2.75, 3.05) is 0 Å². The van der Waals surface area contributed by atoms with Crippen LogP contribution in [0.5, 0.6) is 0 Å². The van der Waals surface area contributed by atoms with E-state index in [1.807, 2.05) is 19.3 Å². The highest BCUT2D eigenvalue weighted by Gasteiger charge is 2.00. The summed E-state index contributed by atoms with van der Waals surface area (Å²) in [6.07, 6.45) is 5.43. The molecule has 0 radical (unpaired) electrons. The molecule has 0 aliphatic carbocycles. The van der Waals surface area contributed by atoms with Gasteiger partial charge in [0, 0.05) is 25.9 Å². The molecular weight excluding hydrogens is 208 g/mol. The largest absolute Gasteiger partial charge is 0.283 e. The predicted molar refractivity (Wildman–Crippen MR) is 60.0 cm³/mol. The minimum Gasteiger partial charge on any atom is -0.283 e. The third-order valence-corrected chi connectivity index (χ3v) is 2.55. The predicted octanol–water partition coefficient (Wildman–Crippen LogP) is 1.66. The van der Waals surface area contributed by atoms with Crippen LogP contribution < -0.4 is 0 Å². The van der Waals surface area contributed by atoms with Crippen LogP contribution in [0.1, 0.15) is 11.4 Å². The van der Waals surface area contributed by atoms with Crippen molar-refractivity contribution in [1.29, 1.82) is 0 Å². The van der Waals surface area contributed by atoms with Gasteiger partial charge in [-0.05, 0) is 30.3 Å². The molecule has 1 N–H and O–H groups in total. The maximum absolute atomic E-state index is 5.01. The van der Waals surface area contributed by atoms with E-state index in [9.17, 15) is 0 Å². The summed E-state index contributed by atoms with van der Waals surface area (Å²) in [5.41, 5.74) is 1.21. The van der Waals surface area contributed by atoms with Crippen LogP contribution in [-0.2, 0) is 19.9 Å². The molecule has 2 rings (SSSR count). The molecule has 0 aliphatic heterocycles. The fraction of sp³-hybridized carbons (Fsp3) is 0.300. The molecule has 2 aromatic rings. The lowest BCUT2D eigenvalue weighted by atomic mass is 10.1. The lowest BCUT2D eigenvalue weighted by Crippen LogP contribution is -1.95. The smallest absolute Gasteiger partial charge is 0.215 e. The Bertz CT molecular complexity index is 486. The molecule has 78 valence electrons. The van der Waals surface area contributed by atoms with Crippen molar-refractivity contribution in [3.05, 3.63) is 40.7 Å². The van der Waals surface area contributed by atoms with Gasteiger partial charge in [0.1, 0.15) is 5.82 Å². The minimum atomic E-state index is 0.594. The van der Waals surface area contributed by atoms with Gasteiger partial charge in [0.05, 0.1) is 0 Å². The third kappa shape index (κ3) is 2.50. The number of nitrogens with one attached hydrogen (secondary N) is 1. The highest BCUT2D eigenvalue weighted by molar-refractivity contribution is 7.71. The summed E-state index contributed by atoms with van der Waals surface area (Å²) in [4.78, 5) is 8.29. The zero-order valence-electron chi connectivity index (χ0n) is 8.47. The number of aromatic nitrogens is 4. The molecule has 0 fully saturated rings. The maximum atomic E-state index is 5.01. The molecule has 15 heavy (non-hydrogen) atoms. The minimum absolute atomic E-state index is 0.594. The average Bonchev–Trinajstić information content (AvgIpc) is 2.57. The Kier molecular flexibility index (Phi) is 2.91. The normalized spacial score (nSPS) is 10.5. The molecule has 0 unspecified atom stereocenters. The van der Waals surface area contributed by atoms with Crippen LogP contribution in [-0.4, -0.2) is 19.7 Å². The third-order valence-electron chi connectivity index (χ3n) is 2.19. The van der Waals surface area contributed by atoms with Crippen molar-refractivity contribution in [3.63, 3.8) is 0 Å². The van der Waals surface area contributed by atoms with E-state index in [-0.39, 0.29) is 0 Å². The van der Waals surface area contributed by atoms with Gasteiger partial charge in [-0.15, -0.1) is 0 Å². The standard InChI is InChI=1S/C10H12N4S/c1-14-10(15)12-9(13-14)5-4-8-3-2-6-11-7-8/h2-3,6-7H,4-5H2,1H3,(H,12,13,15). The van der Waals surface area contributed by atoms with Crippen LogP contribution in [0.4, 0.5) is 0 Å². The molecule has 0 amide bonds. The number of H-pyrrole nitrogens is 1. The van der Waals surface area contributed by atoms with E-state index in [0.717, 1.165) is 18.7 Å². The maximum Gasteiger partial charge on any atom is 0.215 e. The Labute approximate surface area is 93.0 Å². The van der Waals surface area contributed by atoms with E-state index in [1.54, 1.807) is 10.9 Å². The average molecular weight is 220 g/mol. The first-order chi connectivity index (χ1) is 7.25. The molecule has 0 aliphatic rings. The first-order valence-corrected chi connectivity index (χ1v) is 5.17. The van der Waals surface area contributed by atoms with Crippen molar-refractivity contribution < 1.29 is 0 Å². The zero-order chi connectivity index (χ0) is 10.7. The number of pyridine rings is 1. The molecule has 4 nitrogen and oxygen atoms in total. The first-order valence-electron chi connectivity index (χ1n) is 4.76. The van der Waals surface area contributed by atoms with Gasteiger partial charge >= 0.3 is 0 Å². The number of hydrogen-bond acceptors (Lipinski definition) is 3. The highest BCUT2D eigenvalue weighted by atomic mass is 32.1. The van der Waals surface area contributed by atoms with Crippen molar-refractivity contribution in [2.45, 2.75) is 12.8 Å². The number of aromatic amines is 1. The topological polar surface area (TPSA) is 46.5 Å². The fourth-order valence-electron chi connectivity index (χ4n) is 1.38. The van der Waals surface area contributed by atoms with E-state index in [0.29, 0.717) is 4.77 Å². The number of hydrogen-bond donors (Lipinski definition) is 1. The molecule has 0 atom stereocenters. The van der Waals surface area contributed by atoms with Gasteiger partial charge in [0.15, 0.2) is 0 Å². The van der Waals surface area contributed by atoms with E-state index in [1.165, 1.54) is 5.56 Å². The van der Waals surface area contributed by atoms with Crippen LogP contribution >= 0.6 is 12.2 Å². The Hall–Kier alpha value is -1.49. The Morgan fingerprint density at radius 2 is 2.33 bits per heavy atom. The Morgan fingerprint density at radius 3 is 2.93 bits per heavy atom. The highest BCUT2D eigenvalue weighted by Crippen LogP contribution is 2.02. The van der Waals surface area contributed by atoms with Crippen molar-refractivity contribution in [1.82, 2.24) is 19.7 Å². The lowest BCUT2D eigenvalue weighted by Gasteiger charge is -1.97. The molecule has 0 saturated carbocycles. The second-order valence-electron chi connectivity index (χ2n) is 3.37. The molecule has 5 heteroatoms. The summed E-state index contributed by atoms with van der Waals surface area (Å²) in [5, 5.41) is 3.10. The number of aryl methyl sites for hydroxylation is 3. The lowest BCUT2D eigenvalue weighted by molar-refractivity contribution is 0.729. The van der Waals surface area contributed by atoms with Gasteiger partial charge in [-0.1, -0.05) is 6.07 Å². The van der Waals surface area contributed by atoms with Crippen LogP contribution in [0.25, 0.3) is 0 Å². The van der Waals surface area contributed by atoms with Crippen molar-refractivity contribution in [3.8, 4) is 0 Å². The summed E-state index contributed by atoms with van der Waals surface area (Å²) in [7, 11) is 1.86. The summed E-state index contributed by atoms with van der Waals surface area (Å²) in [6.45, 7) is 0. The SMILES string of the molecule is Cn1[nH]c(CCc2cccnc2)nc1=S. The van der Waals surface area contributed by atoms with Gasteiger partial charge < -0.3 is 0 Å². The van der Waals surface area contributed by atoms with Crippen LogP contribution in [0, 0.1) is 4.77 Å². The van der Waals surface area contributed by atoms with Crippen molar-refractivity contribution in [2.24, 2.45) is 7.05 Å². The molecule has 0 aromatic carbocycles. The molecule has 2 heterocycles. The van der Waals surface area contributed by atoms with Crippen LogP contribution in [0.3, 0.4) is 0 Å². The molecule has 0 bridgehead atoms. The van der Waals surface area contributed by atoms with Crippen LogP contribution in [0.2, 0.25) is 0 Å². The van der Waals surface area contributed by atoms with Crippen molar-refractivity contribution >= 4 is 12.2 Å². The van der Waals surface area contributed by atoms with Gasteiger partial charge in [0.2, 0.25) is 4.77 Å². The zero-order valence-corrected chi connectivity index (χ0v) is 9.29. The van der Waals surface area contributed by atoms with Gasteiger partial charge in [-0.2, -0.15) is 0 Å². The first kappa shape index (κ1) is 10.0. The van der Waals surface area contributed by atoms with Gasteiger partial charge in [-0.3, -0.25) is 14.8 Å². The molecular formula is C10H12N4S. The summed E-state index contributed by atoms with van der Waals surface area (Å²) >= 11 is 5.01. The second-order valence-corrected chi connectivity index (χ2v) is 3.74. The molecule has 0 spiro atoms. The van der Waals surface area contributed by atoms with E-state index in [2.05, 4.69) is 21.1 Å². The number of rotatable bonds is 3. The summed E-state index contributed by atoms with van der Waals surface area (Å²) in [5.74, 6) is 0.923. The van der Waals surface area contributed by atoms with Crippen LogP contribution in [0.15, 0.2) is 24.5 Å². The molecule has 0 saturated heterocycles. The van der Waals surface area contributed by atoms with E-state index in [4.69, 9.17) is 12.2 Å². The van der Waals surface area contributed by atoms with E-state index >= 15 is 0 Å². The summed E-state index contributed by atoms with van der Waals surface area (Å²) < 4.78 is 2.34.